The fourth-order valence-electron chi connectivity index (χ4n) is 4.15. The number of halogens is 1. The van der Waals surface area contributed by atoms with Gasteiger partial charge in [0.15, 0.2) is 0 Å². The Morgan fingerprint density at radius 2 is 1.90 bits per heavy atom. The highest BCUT2D eigenvalue weighted by atomic mass is 35.5. The van der Waals surface area contributed by atoms with Crippen LogP contribution in [-0.4, -0.2) is 24.4 Å². The van der Waals surface area contributed by atoms with Gasteiger partial charge >= 0.3 is 0 Å². The molecule has 0 bridgehead atoms. The van der Waals surface area contributed by atoms with Crippen LogP contribution in [0.3, 0.4) is 0 Å². The molecule has 5 nitrogen and oxygen atoms in total. The first-order chi connectivity index (χ1) is 15.2. The molecule has 6 heteroatoms. The van der Waals surface area contributed by atoms with Crippen LogP contribution in [0.5, 0.6) is 17.2 Å². The van der Waals surface area contributed by atoms with E-state index in [9.17, 15) is 0 Å². The van der Waals surface area contributed by atoms with Crippen LogP contribution in [0.15, 0.2) is 71.8 Å². The van der Waals surface area contributed by atoms with Crippen LogP contribution in [-0.2, 0) is 0 Å². The quantitative estimate of drug-likeness (QED) is 0.494. The lowest BCUT2D eigenvalue weighted by molar-refractivity contribution is -0.0190. The van der Waals surface area contributed by atoms with Gasteiger partial charge in [0.25, 0.3) is 0 Å². The first kappa shape index (κ1) is 19.8. The highest BCUT2D eigenvalue weighted by Crippen LogP contribution is 2.48. The summed E-state index contributed by atoms with van der Waals surface area (Å²) in [5.41, 5.74) is 4.11. The molecule has 0 fully saturated rings. The molecule has 0 saturated carbocycles. The van der Waals surface area contributed by atoms with E-state index in [1.807, 2.05) is 72.6 Å². The molecule has 2 aliphatic rings. The van der Waals surface area contributed by atoms with Crippen molar-refractivity contribution in [2.45, 2.75) is 25.6 Å². The van der Waals surface area contributed by atoms with Gasteiger partial charge in [-0.25, -0.2) is 5.01 Å². The van der Waals surface area contributed by atoms with E-state index in [1.165, 1.54) is 0 Å². The Morgan fingerprint density at radius 1 is 1.06 bits per heavy atom. The first-order valence-corrected chi connectivity index (χ1v) is 10.7. The third-order valence-electron chi connectivity index (χ3n) is 5.63. The number of nitrogens with zero attached hydrogens (tertiary/aromatic N) is 2. The lowest BCUT2D eigenvalue weighted by atomic mass is 9.96. The van der Waals surface area contributed by atoms with Crippen molar-refractivity contribution in [1.82, 2.24) is 5.01 Å². The van der Waals surface area contributed by atoms with Crippen LogP contribution in [0.2, 0.25) is 5.02 Å². The number of fused-ring (bicyclic) bond motifs is 3. The number of hydrazone groups is 1. The SMILES string of the molecule is CCOc1ccc([C@H]2Oc3ccc(Cl)cc3[C@@H]3CC(c4cccc(OC)c4)=NN23)cc1. The summed E-state index contributed by atoms with van der Waals surface area (Å²) < 4.78 is 17.4. The van der Waals surface area contributed by atoms with Crippen molar-refractivity contribution in [3.05, 3.63) is 88.4 Å². The summed E-state index contributed by atoms with van der Waals surface area (Å²) in [5, 5.41) is 7.73. The Balaban J connectivity index is 1.55. The molecule has 5 rings (SSSR count). The van der Waals surface area contributed by atoms with Gasteiger partial charge in [0.1, 0.15) is 17.2 Å². The Morgan fingerprint density at radius 3 is 2.68 bits per heavy atom. The van der Waals surface area contributed by atoms with E-state index < -0.39 is 0 Å². The lowest BCUT2D eigenvalue weighted by Gasteiger charge is -2.38. The van der Waals surface area contributed by atoms with Gasteiger partial charge in [-0.15, -0.1) is 0 Å². The van der Waals surface area contributed by atoms with E-state index in [1.54, 1.807) is 7.11 Å². The second-order valence-corrected chi connectivity index (χ2v) is 7.97. The standard InChI is InChI=1S/C25H23ClN2O3/c1-3-30-19-10-7-16(8-11-19)25-28-23(21-14-18(26)9-12-24(21)31-25)15-22(27-28)17-5-4-6-20(13-17)29-2/h4-14,23,25H,3,15H2,1-2H3/t23-,25+/m0/s1. The molecule has 0 N–H and O–H groups in total. The minimum Gasteiger partial charge on any atom is -0.497 e. The molecule has 3 aromatic carbocycles. The molecule has 0 unspecified atom stereocenters. The van der Waals surface area contributed by atoms with Gasteiger partial charge < -0.3 is 14.2 Å². The summed E-state index contributed by atoms with van der Waals surface area (Å²) >= 11 is 6.32. The maximum atomic E-state index is 6.41. The van der Waals surface area contributed by atoms with Gasteiger partial charge in [0.05, 0.1) is 25.5 Å². The number of benzene rings is 3. The van der Waals surface area contributed by atoms with Crippen molar-refractivity contribution in [2.24, 2.45) is 5.10 Å². The van der Waals surface area contributed by atoms with Crippen LogP contribution < -0.4 is 14.2 Å². The molecule has 31 heavy (non-hydrogen) atoms. The molecule has 0 amide bonds. The highest BCUT2D eigenvalue weighted by Gasteiger charge is 2.41. The predicted octanol–water partition coefficient (Wildman–Crippen LogP) is 5.99. The maximum Gasteiger partial charge on any atom is 0.213 e. The van der Waals surface area contributed by atoms with Crippen molar-refractivity contribution < 1.29 is 14.2 Å². The molecule has 2 atom stereocenters. The molecule has 0 radical (unpaired) electrons. The molecular formula is C25H23ClN2O3. The van der Waals surface area contributed by atoms with E-state index in [-0.39, 0.29) is 12.3 Å². The summed E-state index contributed by atoms with van der Waals surface area (Å²) in [6.45, 7) is 2.61. The van der Waals surface area contributed by atoms with E-state index in [2.05, 4.69) is 6.07 Å². The smallest absolute Gasteiger partial charge is 0.213 e. The van der Waals surface area contributed by atoms with Gasteiger partial charge in [-0.3, -0.25) is 0 Å². The molecule has 2 aliphatic heterocycles. The average molecular weight is 435 g/mol. The molecule has 0 saturated heterocycles. The average Bonchev–Trinajstić information content (AvgIpc) is 3.25. The molecule has 3 aromatic rings. The minimum absolute atomic E-state index is 0.0419. The fraction of sp³-hybridized carbons (Fsp3) is 0.240. The lowest BCUT2D eigenvalue weighted by Crippen LogP contribution is -2.33. The van der Waals surface area contributed by atoms with Crippen molar-refractivity contribution >= 4 is 17.3 Å². The van der Waals surface area contributed by atoms with Crippen LogP contribution >= 0.6 is 11.6 Å². The summed E-state index contributed by atoms with van der Waals surface area (Å²) in [5.74, 6) is 2.49. The second kappa shape index (κ2) is 8.16. The number of hydrogen-bond acceptors (Lipinski definition) is 5. The summed E-state index contributed by atoms with van der Waals surface area (Å²) in [6.07, 6.45) is 0.426. The fourth-order valence-corrected chi connectivity index (χ4v) is 4.33. The monoisotopic (exact) mass is 434 g/mol. The van der Waals surface area contributed by atoms with Crippen molar-refractivity contribution in [3.63, 3.8) is 0 Å². The highest BCUT2D eigenvalue weighted by molar-refractivity contribution is 6.30. The van der Waals surface area contributed by atoms with Gasteiger partial charge in [-0.1, -0.05) is 23.7 Å². The number of methoxy groups -OCH3 is 1. The van der Waals surface area contributed by atoms with Gasteiger partial charge in [-0.2, -0.15) is 5.10 Å². The Hall–Kier alpha value is -3.18. The van der Waals surface area contributed by atoms with Gasteiger partial charge in [0, 0.05) is 28.1 Å². The van der Waals surface area contributed by atoms with Crippen LogP contribution in [0.1, 0.15) is 42.3 Å². The van der Waals surface area contributed by atoms with Gasteiger partial charge in [0.2, 0.25) is 6.23 Å². The van der Waals surface area contributed by atoms with Crippen LogP contribution in [0, 0.1) is 0 Å². The largest absolute Gasteiger partial charge is 0.497 e. The predicted molar refractivity (Wildman–Crippen MR) is 121 cm³/mol. The molecular weight excluding hydrogens is 412 g/mol. The zero-order valence-electron chi connectivity index (χ0n) is 17.4. The minimum atomic E-state index is -0.336. The zero-order valence-corrected chi connectivity index (χ0v) is 18.2. The van der Waals surface area contributed by atoms with Gasteiger partial charge in [-0.05, 0) is 61.5 Å². The Bertz CT molecular complexity index is 1130. The molecule has 0 aromatic heterocycles. The van der Waals surface area contributed by atoms with E-state index in [0.717, 1.165) is 46.1 Å². The van der Waals surface area contributed by atoms with E-state index in [0.29, 0.717) is 11.6 Å². The third kappa shape index (κ3) is 3.70. The second-order valence-electron chi connectivity index (χ2n) is 7.53. The first-order valence-electron chi connectivity index (χ1n) is 10.4. The van der Waals surface area contributed by atoms with Crippen molar-refractivity contribution in [1.29, 1.82) is 0 Å². The molecule has 158 valence electrons. The summed E-state index contributed by atoms with van der Waals surface area (Å²) in [7, 11) is 1.67. The normalized spacial score (nSPS) is 19.2. The molecule has 2 heterocycles. The van der Waals surface area contributed by atoms with Crippen molar-refractivity contribution in [3.8, 4) is 17.2 Å². The maximum absolute atomic E-state index is 6.41. The van der Waals surface area contributed by atoms with Crippen LogP contribution in [0.4, 0.5) is 0 Å². The topological polar surface area (TPSA) is 43.3 Å². The van der Waals surface area contributed by atoms with E-state index in [4.69, 9.17) is 30.9 Å². The molecule has 0 aliphatic carbocycles. The van der Waals surface area contributed by atoms with E-state index >= 15 is 0 Å². The van der Waals surface area contributed by atoms with Crippen molar-refractivity contribution in [2.75, 3.05) is 13.7 Å². The number of ether oxygens (including phenoxy) is 3. The Labute approximate surface area is 186 Å². The number of rotatable bonds is 5. The summed E-state index contributed by atoms with van der Waals surface area (Å²) in [6, 6.07) is 21.8. The summed E-state index contributed by atoms with van der Waals surface area (Å²) in [4.78, 5) is 0. The van der Waals surface area contributed by atoms with Crippen LogP contribution in [0.25, 0.3) is 0 Å². The Kier molecular flexibility index (Phi) is 5.20. The zero-order chi connectivity index (χ0) is 21.4. The third-order valence-corrected chi connectivity index (χ3v) is 5.87. The molecule has 0 spiro atoms. The number of hydrogen-bond donors (Lipinski definition) is 0.